The SMILES string of the molecule is O=C1NCc2cc(Br)ccc2/C1=C\Nc1ccc(CCO)cc1. The van der Waals surface area contributed by atoms with Crippen LogP contribution in [-0.2, 0) is 17.8 Å². The fraction of sp³-hybridized carbons (Fsp3) is 0.167. The van der Waals surface area contributed by atoms with E-state index >= 15 is 0 Å². The average molecular weight is 373 g/mol. The summed E-state index contributed by atoms with van der Waals surface area (Å²) in [4.78, 5) is 12.1. The molecule has 1 aliphatic rings. The van der Waals surface area contributed by atoms with Gasteiger partial charge in [0.2, 0.25) is 0 Å². The Labute approximate surface area is 143 Å². The molecular weight excluding hydrogens is 356 g/mol. The van der Waals surface area contributed by atoms with Crippen LogP contribution in [0.15, 0.2) is 53.1 Å². The lowest BCUT2D eigenvalue weighted by atomic mass is 9.96. The maximum atomic E-state index is 12.1. The number of halogens is 1. The summed E-state index contributed by atoms with van der Waals surface area (Å²) < 4.78 is 0.999. The summed E-state index contributed by atoms with van der Waals surface area (Å²) in [5.74, 6) is -0.0794. The molecule has 23 heavy (non-hydrogen) atoms. The second kappa shape index (κ2) is 6.98. The predicted octanol–water partition coefficient (Wildman–Crippen LogP) is 3.07. The summed E-state index contributed by atoms with van der Waals surface area (Å²) in [5, 5.41) is 15.0. The second-order valence-corrected chi connectivity index (χ2v) is 6.27. The van der Waals surface area contributed by atoms with Crippen molar-refractivity contribution in [2.75, 3.05) is 11.9 Å². The lowest BCUT2D eigenvalue weighted by Gasteiger charge is -2.20. The number of fused-ring (bicyclic) bond motifs is 1. The molecule has 4 nitrogen and oxygen atoms in total. The third-order valence-electron chi connectivity index (χ3n) is 3.78. The maximum Gasteiger partial charge on any atom is 0.253 e. The highest BCUT2D eigenvalue weighted by atomic mass is 79.9. The molecule has 0 saturated heterocycles. The van der Waals surface area contributed by atoms with Gasteiger partial charge in [0, 0.05) is 29.5 Å². The van der Waals surface area contributed by atoms with Gasteiger partial charge in [0.1, 0.15) is 0 Å². The Hall–Kier alpha value is -2.11. The highest BCUT2D eigenvalue weighted by Gasteiger charge is 2.20. The van der Waals surface area contributed by atoms with Crippen LogP contribution in [-0.4, -0.2) is 17.6 Å². The van der Waals surface area contributed by atoms with Gasteiger partial charge in [-0.2, -0.15) is 0 Å². The first kappa shape index (κ1) is 15.8. The van der Waals surface area contributed by atoms with Crippen LogP contribution in [0.3, 0.4) is 0 Å². The quantitative estimate of drug-likeness (QED) is 0.722. The number of hydrogen-bond acceptors (Lipinski definition) is 3. The second-order valence-electron chi connectivity index (χ2n) is 5.36. The van der Waals surface area contributed by atoms with E-state index in [2.05, 4.69) is 26.6 Å². The number of carbonyl (C=O) groups is 1. The van der Waals surface area contributed by atoms with E-state index in [9.17, 15) is 4.79 Å². The van der Waals surface area contributed by atoms with Crippen LogP contribution in [0.5, 0.6) is 0 Å². The van der Waals surface area contributed by atoms with Crippen LogP contribution in [0.4, 0.5) is 5.69 Å². The van der Waals surface area contributed by atoms with E-state index in [0.717, 1.165) is 26.9 Å². The molecule has 1 heterocycles. The molecule has 2 aromatic carbocycles. The van der Waals surface area contributed by atoms with E-state index in [4.69, 9.17) is 5.11 Å². The molecule has 1 amide bonds. The summed E-state index contributed by atoms with van der Waals surface area (Å²) >= 11 is 3.45. The molecule has 0 unspecified atom stereocenters. The molecule has 0 atom stereocenters. The smallest absolute Gasteiger partial charge is 0.253 e. The largest absolute Gasteiger partial charge is 0.396 e. The molecule has 118 valence electrons. The minimum absolute atomic E-state index is 0.0794. The Bertz CT molecular complexity index is 754. The standard InChI is InChI=1S/C18H17BrN2O2/c19-14-3-6-16-13(9-14)10-21-18(23)17(16)11-20-15-4-1-12(2-5-15)7-8-22/h1-6,9,11,20,22H,7-8,10H2,(H,21,23)/b17-11+. The number of aliphatic hydroxyl groups excluding tert-OH is 1. The van der Waals surface area contributed by atoms with E-state index in [1.807, 2.05) is 42.5 Å². The molecular formula is C18H17BrN2O2. The van der Waals surface area contributed by atoms with Gasteiger partial charge in [0.15, 0.2) is 0 Å². The summed E-state index contributed by atoms with van der Waals surface area (Å²) in [6.07, 6.45) is 2.38. The van der Waals surface area contributed by atoms with Crippen molar-refractivity contribution in [1.29, 1.82) is 0 Å². The van der Waals surface area contributed by atoms with Crippen molar-refractivity contribution < 1.29 is 9.90 Å². The topological polar surface area (TPSA) is 61.4 Å². The summed E-state index contributed by atoms with van der Waals surface area (Å²) in [6.45, 7) is 0.685. The lowest BCUT2D eigenvalue weighted by Crippen LogP contribution is -2.29. The average Bonchev–Trinajstić information content (AvgIpc) is 2.56. The van der Waals surface area contributed by atoms with Gasteiger partial charge < -0.3 is 15.7 Å². The van der Waals surface area contributed by atoms with Gasteiger partial charge in [0.25, 0.3) is 5.91 Å². The van der Waals surface area contributed by atoms with Gasteiger partial charge in [-0.3, -0.25) is 4.79 Å². The normalized spacial score (nSPS) is 15.2. The van der Waals surface area contributed by atoms with E-state index in [1.165, 1.54) is 0 Å². The van der Waals surface area contributed by atoms with Crippen LogP contribution < -0.4 is 10.6 Å². The van der Waals surface area contributed by atoms with Gasteiger partial charge in [-0.25, -0.2) is 0 Å². The van der Waals surface area contributed by atoms with Crippen molar-refractivity contribution in [1.82, 2.24) is 5.32 Å². The molecule has 3 N–H and O–H groups in total. The zero-order chi connectivity index (χ0) is 16.2. The highest BCUT2D eigenvalue weighted by Crippen LogP contribution is 2.27. The summed E-state index contributed by atoms with van der Waals surface area (Å²) in [5.41, 5.74) is 4.64. The van der Waals surface area contributed by atoms with Gasteiger partial charge in [-0.15, -0.1) is 0 Å². The van der Waals surface area contributed by atoms with Gasteiger partial charge in [-0.05, 0) is 47.4 Å². The maximum absolute atomic E-state index is 12.1. The molecule has 5 heteroatoms. The Kier molecular flexibility index (Phi) is 4.79. The number of amides is 1. The van der Waals surface area contributed by atoms with E-state index in [0.29, 0.717) is 18.5 Å². The van der Waals surface area contributed by atoms with Crippen molar-refractivity contribution in [2.45, 2.75) is 13.0 Å². The summed E-state index contributed by atoms with van der Waals surface area (Å²) in [7, 11) is 0. The minimum atomic E-state index is -0.0794. The number of aliphatic hydroxyl groups is 1. The molecule has 0 fully saturated rings. The number of carbonyl (C=O) groups excluding carboxylic acids is 1. The molecule has 0 bridgehead atoms. The van der Waals surface area contributed by atoms with E-state index < -0.39 is 0 Å². The van der Waals surface area contributed by atoms with E-state index in [-0.39, 0.29) is 12.5 Å². The molecule has 0 aromatic heterocycles. The van der Waals surface area contributed by atoms with E-state index in [1.54, 1.807) is 6.20 Å². The van der Waals surface area contributed by atoms with Crippen molar-refractivity contribution in [3.8, 4) is 0 Å². The predicted molar refractivity (Wildman–Crippen MR) is 94.8 cm³/mol. The van der Waals surface area contributed by atoms with Crippen LogP contribution in [0.25, 0.3) is 5.57 Å². The fourth-order valence-electron chi connectivity index (χ4n) is 2.56. The number of rotatable bonds is 4. The molecule has 0 spiro atoms. The minimum Gasteiger partial charge on any atom is -0.396 e. The highest BCUT2D eigenvalue weighted by molar-refractivity contribution is 9.10. The van der Waals surface area contributed by atoms with Crippen LogP contribution in [0.2, 0.25) is 0 Å². The number of nitrogens with one attached hydrogen (secondary N) is 2. The van der Waals surface area contributed by atoms with Gasteiger partial charge in [-0.1, -0.05) is 34.1 Å². The Morgan fingerprint density at radius 3 is 2.74 bits per heavy atom. The first-order valence-electron chi connectivity index (χ1n) is 7.41. The Balaban J connectivity index is 1.83. The summed E-state index contributed by atoms with van der Waals surface area (Å²) in [6, 6.07) is 13.7. The van der Waals surface area contributed by atoms with Crippen molar-refractivity contribution >= 4 is 33.1 Å². The van der Waals surface area contributed by atoms with Gasteiger partial charge >= 0.3 is 0 Å². The zero-order valence-electron chi connectivity index (χ0n) is 12.5. The molecule has 2 aromatic rings. The Morgan fingerprint density at radius 1 is 1.22 bits per heavy atom. The first-order chi connectivity index (χ1) is 11.2. The van der Waals surface area contributed by atoms with Gasteiger partial charge in [0.05, 0.1) is 5.57 Å². The fourth-order valence-corrected chi connectivity index (χ4v) is 2.97. The molecule has 0 radical (unpaired) electrons. The third kappa shape index (κ3) is 3.63. The Morgan fingerprint density at radius 2 is 2.00 bits per heavy atom. The molecule has 3 rings (SSSR count). The number of hydrogen-bond donors (Lipinski definition) is 3. The third-order valence-corrected chi connectivity index (χ3v) is 4.27. The van der Waals surface area contributed by atoms with Crippen molar-refractivity contribution in [3.63, 3.8) is 0 Å². The molecule has 0 saturated carbocycles. The number of anilines is 1. The zero-order valence-corrected chi connectivity index (χ0v) is 14.1. The van der Waals surface area contributed by atoms with Crippen LogP contribution in [0, 0.1) is 0 Å². The van der Waals surface area contributed by atoms with Crippen molar-refractivity contribution in [2.24, 2.45) is 0 Å². The lowest BCUT2D eigenvalue weighted by molar-refractivity contribution is -0.116. The molecule has 0 aliphatic carbocycles. The first-order valence-corrected chi connectivity index (χ1v) is 8.20. The monoisotopic (exact) mass is 372 g/mol. The van der Waals surface area contributed by atoms with Crippen molar-refractivity contribution in [3.05, 3.63) is 69.8 Å². The number of benzene rings is 2. The molecule has 1 aliphatic heterocycles. The van der Waals surface area contributed by atoms with Crippen LogP contribution in [0.1, 0.15) is 16.7 Å². The van der Waals surface area contributed by atoms with Crippen LogP contribution >= 0.6 is 15.9 Å².